The number of nitrogens with one attached hydrogen (secondary N) is 1. The first kappa shape index (κ1) is 25.7. The second-order valence-corrected chi connectivity index (χ2v) is 9.05. The Kier molecular flexibility index (Phi) is 7.72. The molecule has 0 saturated carbocycles. The summed E-state index contributed by atoms with van der Waals surface area (Å²) in [5.41, 5.74) is 6.42. The summed E-state index contributed by atoms with van der Waals surface area (Å²) < 4.78 is 7.13. The predicted octanol–water partition coefficient (Wildman–Crippen LogP) is 5.57. The molecule has 0 aliphatic carbocycles. The summed E-state index contributed by atoms with van der Waals surface area (Å²) in [6.45, 7) is 8.26. The molecular formula is C30H32N4O3. The Morgan fingerprint density at radius 1 is 0.946 bits per heavy atom. The van der Waals surface area contributed by atoms with Gasteiger partial charge in [0.2, 0.25) is 11.9 Å². The van der Waals surface area contributed by atoms with Crippen LogP contribution in [0, 0.1) is 20.8 Å². The van der Waals surface area contributed by atoms with E-state index in [2.05, 4.69) is 18.3 Å². The van der Waals surface area contributed by atoms with Crippen molar-refractivity contribution in [2.24, 2.45) is 0 Å². The summed E-state index contributed by atoms with van der Waals surface area (Å²) in [7, 11) is 1.63. The van der Waals surface area contributed by atoms with E-state index >= 15 is 0 Å². The van der Waals surface area contributed by atoms with Gasteiger partial charge in [0.05, 0.1) is 12.8 Å². The Balaban J connectivity index is 1.62. The fourth-order valence-corrected chi connectivity index (χ4v) is 3.99. The maximum absolute atomic E-state index is 13.1. The Hall–Kier alpha value is -4.39. The Morgan fingerprint density at radius 2 is 1.65 bits per heavy atom. The second-order valence-electron chi connectivity index (χ2n) is 9.05. The molecule has 0 unspecified atom stereocenters. The van der Waals surface area contributed by atoms with Crippen molar-refractivity contribution in [2.75, 3.05) is 25.5 Å². The highest BCUT2D eigenvalue weighted by Crippen LogP contribution is 2.27. The number of carbonyl (C=O) groups excluding carboxylic acids is 2. The van der Waals surface area contributed by atoms with E-state index < -0.39 is 0 Å². The monoisotopic (exact) mass is 496 g/mol. The molecule has 4 aromatic rings. The molecule has 0 aliphatic heterocycles. The van der Waals surface area contributed by atoms with Gasteiger partial charge < -0.3 is 9.64 Å². The molecule has 0 aliphatic rings. The molecule has 2 amide bonds. The molecule has 4 rings (SSSR count). The Labute approximate surface area is 217 Å². The number of carbonyl (C=O) groups is 2. The minimum Gasteiger partial charge on any atom is -0.497 e. The average Bonchev–Trinajstić information content (AvgIpc) is 3.32. The van der Waals surface area contributed by atoms with E-state index in [1.165, 1.54) is 10.5 Å². The van der Waals surface area contributed by atoms with Crippen LogP contribution in [0.1, 0.15) is 34.0 Å². The molecule has 7 nitrogen and oxygen atoms in total. The van der Waals surface area contributed by atoms with E-state index in [-0.39, 0.29) is 18.4 Å². The number of aryl methyl sites for hydroxylation is 3. The van der Waals surface area contributed by atoms with Crippen LogP contribution in [0.5, 0.6) is 5.75 Å². The van der Waals surface area contributed by atoms with Crippen molar-refractivity contribution in [1.82, 2.24) is 14.5 Å². The SMILES string of the molecule is CCN(CC(=O)Nc1nc(-c2ccc(OC)cc2)cn1-c1ccc(C)c(C)c1)C(=O)c1ccc(C)cc1. The molecule has 0 spiro atoms. The summed E-state index contributed by atoms with van der Waals surface area (Å²) in [6, 6.07) is 21.1. The zero-order valence-corrected chi connectivity index (χ0v) is 21.9. The normalized spacial score (nSPS) is 10.7. The van der Waals surface area contributed by atoms with Gasteiger partial charge in [-0.1, -0.05) is 23.8 Å². The van der Waals surface area contributed by atoms with Crippen LogP contribution in [0.25, 0.3) is 16.9 Å². The quantitative estimate of drug-likeness (QED) is 0.346. The largest absolute Gasteiger partial charge is 0.497 e. The van der Waals surface area contributed by atoms with Crippen LogP contribution >= 0.6 is 0 Å². The van der Waals surface area contributed by atoms with Crippen molar-refractivity contribution < 1.29 is 14.3 Å². The van der Waals surface area contributed by atoms with Crippen molar-refractivity contribution >= 4 is 17.8 Å². The van der Waals surface area contributed by atoms with E-state index in [0.29, 0.717) is 23.8 Å². The van der Waals surface area contributed by atoms with Crippen LogP contribution in [-0.2, 0) is 4.79 Å². The maximum Gasteiger partial charge on any atom is 0.254 e. The summed E-state index contributed by atoms with van der Waals surface area (Å²) >= 11 is 0. The number of hydrogen-bond acceptors (Lipinski definition) is 4. The van der Waals surface area contributed by atoms with Crippen molar-refractivity contribution in [1.29, 1.82) is 0 Å². The van der Waals surface area contributed by atoms with E-state index in [9.17, 15) is 9.59 Å². The lowest BCUT2D eigenvalue weighted by Crippen LogP contribution is -2.38. The van der Waals surface area contributed by atoms with Gasteiger partial charge in [0.25, 0.3) is 5.91 Å². The molecule has 1 heterocycles. The fourth-order valence-electron chi connectivity index (χ4n) is 3.99. The zero-order chi connectivity index (χ0) is 26.5. The molecule has 1 N–H and O–H groups in total. The van der Waals surface area contributed by atoms with Gasteiger partial charge in [-0.05, 0) is 87.4 Å². The van der Waals surface area contributed by atoms with Gasteiger partial charge in [-0.25, -0.2) is 4.98 Å². The minimum absolute atomic E-state index is 0.0825. The molecule has 0 saturated heterocycles. The molecule has 0 fully saturated rings. The van der Waals surface area contributed by atoms with Gasteiger partial charge in [-0.15, -0.1) is 0 Å². The average molecular weight is 497 g/mol. The summed E-state index contributed by atoms with van der Waals surface area (Å²) in [5.74, 6) is 0.634. The van der Waals surface area contributed by atoms with Gasteiger partial charge >= 0.3 is 0 Å². The third-order valence-corrected chi connectivity index (χ3v) is 6.41. The first-order valence-corrected chi connectivity index (χ1v) is 12.3. The van der Waals surface area contributed by atoms with Crippen LogP contribution in [-0.4, -0.2) is 46.5 Å². The molecule has 7 heteroatoms. The maximum atomic E-state index is 13.1. The minimum atomic E-state index is -0.320. The third kappa shape index (κ3) is 5.89. The van der Waals surface area contributed by atoms with Gasteiger partial charge in [0.15, 0.2) is 0 Å². The number of amides is 2. The number of ether oxygens (including phenoxy) is 1. The first-order chi connectivity index (χ1) is 17.8. The Morgan fingerprint density at radius 3 is 2.27 bits per heavy atom. The predicted molar refractivity (Wildman–Crippen MR) is 146 cm³/mol. The lowest BCUT2D eigenvalue weighted by Gasteiger charge is -2.20. The van der Waals surface area contributed by atoms with Crippen LogP contribution in [0.15, 0.2) is 72.9 Å². The summed E-state index contributed by atoms with van der Waals surface area (Å²) in [4.78, 5) is 32.4. The highest BCUT2D eigenvalue weighted by atomic mass is 16.5. The molecule has 37 heavy (non-hydrogen) atoms. The van der Waals surface area contributed by atoms with E-state index in [1.807, 2.05) is 80.1 Å². The number of anilines is 1. The highest BCUT2D eigenvalue weighted by molar-refractivity contribution is 5.99. The third-order valence-electron chi connectivity index (χ3n) is 6.41. The van der Waals surface area contributed by atoms with Crippen molar-refractivity contribution in [3.05, 3.63) is 95.2 Å². The smallest absolute Gasteiger partial charge is 0.254 e. The molecule has 0 atom stereocenters. The Bertz CT molecular complexity index is 1410. The van der Waals surface area contributed by atoms with Gasteiger partial charge in [0.1, 0.15) is 12.3 Å². The van der Waals surface area contributed by atoms with E-state index in [0.717, 1.165) is 28.1 Å². The van der Waals surface area contributed by atoms with Crippen molar-refractivity contribution in [3.8, 4) is 22.7 Å². The topological polar surface area (TPSA) is 76.5 Å². The van der Waals surface area contributed by atoms with E-state index in [1.54, 1.807) is 19.2 Å². The molecule has 0 bridgehead atoms. The highest BCUT2D eigenvalue weighted by Gasteiger charge is 2.20. The van der Waals surface area contributed by atoms with Gasteiger partial charge in [-0.3, -0.25) is 19.5 Å². The summed E-state index contributed by atoms with van der Waals surface area (Å²) in [5, 5.41) is 2.93. The lowest BCUT2D eigenvalue weighted by molar-refractivity contribution is -0.116. The van der Waals surface area contributed by atoms with Gasteiger partial charge in [0, 0.05) is 29.6 Å². The lowest BCUT2D eigenvalue weighted by atomic mass is 10.1. The number of methoxy groups -OCH3 is 1. The number of hydrogen-bond donors (Lipinski definition) is 1. The number of imidazole rings is 1. The standard InChI is InChI=1S/C30H32N4O3/c1-6-33(29(36)24-10-7-20(2)8-11-24)19-28(35)32-30-31-27(23-12-15-26(37-5)16-13-23)18-34(30)25-14-9-21(3)22(4)17-25/h7-18H,6,19H2,1-5H3,(H,31,32,35). The number of likely N-dealkylation sites (N-methyl/N-ethyl adjacent to an activating group) is 1. The second kappa shape index (κ2) is 11.1. The van der Waals surface area contributed by atoms with Gasteiger partial charge in [-0.2, -0.15) is 0 Å². The molecule has 3 aromatic carbocycles. The van der Waals surface area contributed by atoms with Crippen molar-refractivity contribution in [3.63, 3.8) is 0 Å². The zero-order valence-electron chi connectivity index (χ0n) is 21.9. The number of rotatable bonds is 8. The van der Waals surface area contributed by atoms with Crippen molar-refractivity contribution in [2.45, 2.75) is 27.7 Å². The molecule has 0 radical (unpaired) electrons. The molecular weight excluding hydrogens is 464 g/mol. The molecule has 190 valence electrons. The number of aromatic nitrogens is 2. The van der Waals surface area contributed by atoms with Crippen LogP contribution in [0.3, 0.4) is 0 Å². The summed E-state index contributed by atoms with van der Waals surface area (Å²) in [6.07, 6.45) is 1.90. The number of benzene rings is 3. The van der Waals surface area contributed by atoms with E-state index in [4.69, 9.17) is 9.72 Å². The first-order valence-electron chi connectivity index (χ1n) is 12.3. The van der Waals surface area contributed by atoms with Crippen LogP contribution < -0.4 is 10.1 Å². The molecule has 1 aromatic heterocycles. The number of nitrogens with zero attached hydrogens (tertiary/aromatic N) is 3. The fraction of sp³-hybridized carbons (Fsp3) is 0.233. The van der Waals surface area contributed by atoms with Crippen LogP contribution in [0.4, 0.5) is 5.95 Å². The van der Waals surface area contributed by atoms with Crippen LogP contribution in [0.2, 0.25) is 0 Å².